The lowest BCUT2D eigenvalue weighted by Crippen LogP contribution is -2.43. The Balaban J connectivity index is 2.07. The number of furan rings is 1. The van der Waals surface area contributed by atoms with Crippen LogP contribution in [0.5, 0.6) is 0 Å². The van der Waals surface area contributed by atoms with E-state index in [9.17, 15) is 9.59 Å². The molecule has 7 heteroatoms. The maximum Gasteiger partial charge on any atom is 0.328 e. The fourth-order valence-electron chi connectivity index (χ4n) is 1.76. The molecule has 0 aliphatic heterocycles. The summed E-state index contributed by atoms with van der Waals surface area (Å²) in [7, 11) is 1.27. The van der Waals surface area contributed by atoms with Crippen LogP contribution in [0.3, 0.4) is 0 Å². The summed E-state index contributed by atoms with van der Waals surface area (Å²) >= 11 is 0. The Morgan fingerprint density at radius 3 is 2.90 bits per heavy atom. The van der Waals surface area contributed by atoms with Crippen molar-refractivity contribution in [2.45, 2.75) is 19.4 Å². The predicted octanol–water partition coefficient (Wildman–Crippen LogP) is 0.825. The van der Waals surface area contributed by atoms with Crippen molar-refractivity contribution in [2.24, 2.45) is 0 Å². The Kier molecular flexibility index (Phi) is 4.19. The molecule has 0 radical (unpaired) electrons. The number of amides is 1. The van der Waals surface area contributed by atoms with Crippen molar-refractivity contribution in [3.05, 3.63) is 41.9 Å². The minimum atomic E-state index is -0.789. The van der Waals surface area contributed by atoms with E-state index in [1.807, 2.05) is 0 Å². The molecule has 0 aliphatic rings. The van der Waals surface area contributed by atoms with Gasteiger partial charge in [-0.2, -0.15) is 0 Å². The van der Waals surface area contributed by atoms with Crippen molar-refractivity contribution in [1.82, 2.24) is 15.3 Å². The van der Waals surface area contributed by atoms with Gasteiger partial charge in [0.2, 0.25) is 0 Å². The number of imidazole rings is 1. The monoisotopic (exact) mass is 277 g/mol. The number of hydrogen-bond donors (Lipinski definition) is 2. The molecule has 1 amide bonds. The first kappa shape index (κ1) is 13.9. The normalized spacial score (nSPS) is 11.9. The lowest BCUT2D eigenvalue weighted by Gasteiger charge is -2.15. The van der Waals surface area contributed by atoms with Crippen LogP contribution in [0.2, 0.25) is 0 Å². The Morgan fingerprint density at radius 2 is 2.35 bits per heavy atom. The number of hydrogen-bond acceptors (Lipinski definition) is 5. The van der Waals surface area contributed by atoms with Gasteiger partial charge in [-0.15, -0.1) is 0 Å². The topological polar surface area (TPSA) is 97.2 Å². The second-order valence-corrected chi connectivity index (χ2v) is 4.28. The summed E-state index contributed by atoms with van der Waals surface area (Å²) in [4.78, 5) is 30.5. The fraction of sp³-hybridized carbons (Fsp3) is 0.308. The molecule has 0 saturated carbocycles. The van der Waals surface area contributed by atoms with Crippen LogP contribution in [0.1, 0.15) is 21.8 Å². The number of esters is 1. The molecule has 0 saturated heterocycles. The first-order chi connectivity index (χ1) is 9.60. The van der Waals surface area contributed by atoms with Gasteiger partial charge < -0.3 is 19.5 Å². The zero-order valence-electron chi connectivity index (χ0n) is 11.2. The van der Waals surface area contributed by atoms with Crippen molar-refractivity contribution in [3.8, 4) is 0 Å². The van der Waals surface area contributed by atoms with Crippen molar-refractivity contribution >= 4 is 11.9 Å². The van der Waals surface area contributed by atoms with E-state index in [1.165, 1.54) is 19.7 Å². The number of methoxy groups -OCH3 is 1. The number of aromatic amines is 1. The van der Waals surface area contributed by atoms with E-state index in [2.05, 4.69) is 15.3 Å². The fourth-order valence-corrected chi connectivity index (χ4v) is 1.76. The number of ether oxygens (including phenoxy) is 1. The van der Waals surface area contributed by atoms with E-state index in [-0.39, 0.29) is 6.42 Å². The maximum absolute atomic E-state index is 12.0. The molecule has 0 fully saturated rings. The summed E-state index contributed by atoms with van der Waals surface area (Å²) in [6, 6.07) is 0.808. The number of H-pyrrole nitrogens is 1. The van der Waals surface area contributed by atoms with Gasteiger partial charge in [-0.05, 0) is 13.0 Å². The number of aryl methyl sites for hydroxylation is 1. The van der Waals surface area contributed by atoms with Gasteiger partial charge in [0, 0.05) is 18.3 Å². The van der Waals surface area contributed by atoms with Crippen LogP contribution in [-0.2, 0) is 16.0 Å². The predicted molar refractivity (Wildman–Crippen MR) is 69.0 cm³/mol. The van der Waals surface area contributed by atoms with Gasteiger partial charge >= 0.3 is 5.97 Å². The third kappa shape index (κ3) is 3.25. The highest BCUT2D eigenvalue weighted by Gasteiger charge is 2.23. The number of aromatic nitrogens is 2. The van der Waals surface area contributed by atoms with Gasteiger partial charge in [-0.3, -0.25) is 4.79 Å². The number of nitrogens with zero attached hydrogens (tertiary/aromatic N) is 1. The zero-order valence-corrected chi connectivity index (χ0v) is 11.2. The molecule has 0 spiro atoms. The van der Waals surface area contributed by atoms with E-state index in [0.717, 1.165) is 5.69 Å². The molecule has 0 bridgehead atoms. The average molecular weight is 277 g/mol. The van der Waals surface area contributed by atoms with Gasteiger partial charge in [0.1, 0.15) is 18.1 Å². The van der Waals surface area contributed by atoms with E-state index >= 15 is 0 Å². The van der Waals surface area contributed by atoms with Gasteiger partial charge in [-0.25, -0.2) is 9.78 Å². The van der Waals surface area contributed by atoms with Crippen molar-refractivity contribution in [3.63, 3.8) is 0 Å². The Hall–Kier alpha value is -2.57. The summed E-state index contributed by atoms with van der Waals surface area (Å²) in [5.41, 5.74) is 1.09. The molecule has 2 aromatic heterocycles. The number of carbonyl (C=O) groups excluding carboxylic acids is 2. The molecule has 106 valence electrons. The number of carbonyl (C=O) groups is 2. The lowest BCUT2D eigenvalue weighted by molar-refractivity contribution is -0.142. The van der Waals surface area contributed by atoms with E-state index in [0.29, 0.717) is 11.3 Å². The van der Waals surface area contributed by atoms with Crippen molar-refractivity contribution < 1.29 is 18.7 Å². The molecule has 2 aromatic rings. The molecule has 1 atom stereocenters. The second-order valence-electron chi connectivity index (χ2n) is 4.28. The van der Waals surface area contributed by atoms with Crippen molar-refractivity contribution in [1.29, 1.82) is 0 Å². The van der Waals surface area contributed by atoms with Crippen molar-refractivity contribution in [2.75, 3.05) is 7.11 Å². The molecular formula is C13H15N3O4. The number of nitrogens with one attached hydrogen (secondary N) is 2. The molecule has 2 N–H and O–H groups in total. The van der Waals surface area contributed by atoms with Crippen LogP contribution in [0.25, 0.3) is 0 Å². The van der Waals surface area contributed by atoms with Crippen LogP contribution in [0.15, 0.2) is 29.3 Å². The minimum absolute atomic E-state index is 0.273. The van der Waals surface area contributed by atoms with E-state index in [4.69, 9.17) is 9.15 Å². The highest BCUT2D eigenvalue weighted by Crippen LogP contribution is 2.07. The highest BCUT2D eigenvalue weighted by atomic mass is 16.5. The SMILES string of the molecule is COC(=O)[C@H](Cc1cnc[nH]1)NC(=O)c1coc(C)c1. The second kappa shape index (κ2) is 6.05. The molecule has 7 nitrogen and oxygen atoms in total. The minimum Gasteiger partial charge on any atom is -0.469 e. The Morgan fingerprint density at radius 1 is 1.55 bits per heavy atom. The summed E-state index contributed by atoms with van der Waals surface area (Å²) < 4.78 is 9.76. The molecule has 20 heavy (non-hydrogen) atoms. The molecule has 2 heterocycles. The standard InChI is InChI=1S/C13H15N3O4/c1-8-3-9(6-20-8)12(17)16-11(13(18)19-2)4-10-5-14-7-15-10/h3,5-7,11H,4H2,1-2H3,(H,14,15)(H,16,17)/t11-/m0/s1. The van der Waals surface area contributed by atoms with Gasteiger partial charge in [0.25, 0.3) is 5.91 Å². The van der Waals surface area contributed by atoms with Gasteiger partial charge in [-0.1, -0.05) is 0 Å². The largest absolute Gasteiger partial charge is 0.469 e. The van der Waals surface area contributed by atoms with Crippen LogP contribution in [-0.4, -0.2) is 35.0 Å². The zero-order chi connectivity index (χ0) is 14.5. The first-order valence-corrected chi connectivity index (χ1v) is 6.01. The van der Waals surface area contributed by atoms with Crippen LogP contribution < -0.4 is 5.32 Å². The van der Waals surface area contributed by atoms with Gasteiger partial charge in [0.05, 0.1) is 19.0 Å². The average Bonchev–Trinajstić information content (AvgIpc) is 3.08. The van der Waals surface area contributed by atoms with Gasteiger partial charge in [0.15, 0.2) is 0 Å². The molecule has 0 aliphatic carbocycles. The smallest absolute Gasteiger partial charge is 0.328 e. The summed E-state index contributed by atoms with van der Waals surface area (Å²) in [5, 5.41) is 2.61. The summed E-state index contributed by atoms with van der Waals surface area (Å²) in [5.74, 6) is -0.289. The quantitative estimate of drug-likeness (QED) is 0.789. The van der Waals surface area contributed by atoms with Crippen LogP contribution in [0.4, 0.5) is 0 Å². The molecule has 0 aromatic carbocycles. The summed E-state index contributed by atoms with van der Waals surface area (Å²) in [6.07, 6.45) is 4.71. The molecule has 0 unspecified atom stereocenters. The Bertz CT molecular complexity index is 589. The van der Waals surface area contributed by atoms with E-state index < -0.39 is 17.9 Å². The van der Waals surface area contributed by atoms with Crippen LogP contribution >= 0.6 is 0 Å². The first-order valence-electron chi connectivity index (χ1n) is 6.01. The third-order valence-electron chi connectivity index (χ3n) is 2.76. The Labute approximate surface area is 115 Å². The van der Waals surface area contributed by atoms with E-state index in [1.54, 1.807) is 19.2 Å². The third-order valence-corrected chi connectivity index (χ3v) is 2.76. The highest BCUT2D eigenvalue weighted by molar-refractivity contribution is 5.96. The lowest BCUT2D eigenvalue weighted by atomic mass is 10.1. The maximum atomic E-state index is 12.0. The number of rotatable bonds is 5. The summed E-state index contributed by atoms with van der Waals surface area (Å²) in [6.45, 7) is 1.74. The molecule has 2 rings (SSSR count). The van der Waals surface area contributed by atoms with Crippen LogP contribution in [0, 0.1) is 6.92 Å². The molecular weight excluding hydrogens is 262 g/mol.